The Bertz CT molecular complexity index is 599. The molecule has 0 radical (unpaired) electrons. The number of ether oxygens (including phenoxy) is 3. The van der Waals surface area contributed by atoms with Gasteiger partial charge in [-0.3, -0.25) is 4.79 Å². The maximum absolute atomic E-state index is 12.0. The van der Waals surface area contributed by atoms with Crippen LogP contribution >= 0.6 is 0 Å². The molecule has 6 heteroatoms. The second-order valence-electron chi connectivity index (χ2n) is 6.26. The SMILES string of the molecule is CC(OC(=O)C(C)C)OC(=O)N(C)CCc1ccc2c(c1)OCC2. The summed E-state index contributed by atoms with van der Waals surface area (Å²) in [6.07, 6.45) is 0.233. The first kappa shape index (κ1) is 18.1. The molecule has 2 rings (SSSR count). The van der Waals surface area contributed by atoms with Crippen molar-refractivity contribution in [1.29, 1.82) is 0 Å². The van der Waals surface area contributed by atoms with Gasteiger partial charge in [0, 0.05) is 26.9 Å². The Morgan fingerprint density at radius 1 is 1.25 bits per heavy atom. The van der Waals surface area contributed by atoms with Crippen molar-refractivity contribution in [2.45, 2.75) is 39.9 Å². The first-order valence-corrected chi connectivity index (χ1v) is 8.23. The number of esters is 1. The Labute approximate surface area is 142 Å². The summed E-state index contributed by atoms with van der Waals surface area (Å²) in [5, 5.41) is 0. The van der Waals surface area contributed by atoms with Crippen molar-refractivity contribution in [3.8, 4) is 5.75 Å². The van der Waals surface area contributed by atoms with Crippen LogP contribution in [0.3, 0.4) is 0 Å². The van der Waals surface area contributed by atoms with E-state index in [0.717, 1.165) is 24.3 Å². The van der Waals surface area contributed by atoms with E-state index >= 15 is 0 Å². The fourth-order valence-corrected chi connectivity index (χ4v) is 2.31. The zero-order valence-corrected chi connectivity index (χ0v) is 14.7. The van der Waals surface area contributed by atoms with Gasteiger partial charge in [0.1, 0.15) is 5.75 Å². The number of carbonyl (C=O) groups is 2. The normalized spacial score (nSPS) is 13.9. The monoisotopic (exact) mass is 335 g/mol. The molecule has 1 aromatic carbocycles. The van der Waals surface area contributed by atoms with Crippen LogP contribution in [0.5, 0.6) is 5.75 Å². The molecule has 0 aromatic heterocycles. The van der Waals surface area contributed by atoms with Crippen LogP contribution in [0, 0.1) is 5.92 Å². The van der Waals surface area contributed by atoms with Gasteiger partial charge in [0.15, 0.2) is 0 Å². The smallest absolute Gasteiger partial charge is 0.412 e. The van der Waals surface area contributed by atoms with E-state index in [1.807, 2.05) is 6.07 Å². The Kier molecular flexibility index (Phi) is 6.06. The predicted molar refractivity (Wildman–Crippen MR) is 88.8 cm³/mol. The van der Waals surface area contributed by atoms with Crippen LogP contribution in [-0.2, 0) is 27.1 Å². The van der Waals surface area contributed by atoms with Gasteiger partial charge in [-0.2, -0.15) is 0 Å². The molecule has 0 spiro atoms. The van der Waals surface area contributed by atoms with Crippen molar-refractivity contribution < 1.29 is 23.8 Å². The van der Waals surface area contributed by atoms with E-state index in [9.17, 15) is 9.59 Å². The molecule has 1 aromatic rings. The van der Waals surface area contributed by atoms with Crippen molar-refractivity contribution in [3.05, 3.63) is 29.3 Å². The number of carbonyl (C=O) groups excluding carboxylic acids is 2. The maximum Gasteiger partial charge on any atom is 0.412 e. The molecule has 0 saturated heterocycles. The minimum absolute atomic E-state index is 0.258. The molecule has 0 aliphatic carbocycles. The van der Waals surface area contributed by atoms with Crippen LogP contribution in [-0.4, -0.2) is 43.5 Å². The summed E-state index contributed by atoms with van der Waals surface area (Å²) in [6, 6.07) is 6.15. The minimum Gasteiger partial charge on any atom is -0.493 e. The molecule has 1 aliphatic heterocycles. The molecule has 1 heterocycles. The van der Waals surface area contributed by atoms with Crippen LogP contribution in [0.1, 0.15) is 31.9 Å². The highest BCUT2D eigenvalue weighted by atomic mass is 16.7. The molecule has 24 heavy (non-hydrogen) atoms. The Morgan fingerprint density at radius 2 is 2.00 bits per heavy atom. The van der Waals surface area contributed by atoms with Gasteiger partial charge < -0.3 is 19.1 Å². The van der Waals surface area contributed by atoms with E-state index < -0.39 is 18.4 Å². The molecule has 6 nitrogen and oxygen atoms in total. The molecule has 132 valence electrons. The number of fused-ring (bicyclic) bond motifs is 1. The summed E-state index contributed by atoms with van der Waals surface area (Å²) in [6.45, 7) is 6.22. The summed E-state index contributed by atoms with van der Waals surface area (Å²) < 4.78 is 15.7. The molecular weight excluding hydrogens is 310 g/mol. The summed E-state index contributed by atoms with van der Waals surface area (Å²) in [5.74, 6) is 0.286. The number of hydrogen-bond donors (Lipinski definition) is 0. The molecular formula is C18H25NO5. The summed E-state index contributed by atoms with van der Waals surface area (Å²) in [4.78, 5) is 24.9. The van der Waals surface area contributed by atoms with Gasteiger partial charge in [-0.05, 0) is 23.6 Å². The van der Waals surface area contributed by atoms with Crippen LogP contribution < -0.4 is 4.74 Å². The van der Waals surface area contributed by atoms with E-state index in [0.29, 0.717) is 13.0 Å². The van der Waals surface area contributed by atoms with Crippen LogP contribution in [0.4, 0.5) is 4.79 Å². The van der Waals surface area contributed by atoms with Gasteiger partial charge >= 0.3 is 12.1 Å². The summed E-state index contributed by atoms with van der Waals surface area (Å²) >= 11 is 0. The van der Waals surface area contributed by atoms with Gasteiger partial charge in [-0.1, -0.05) is 26.0 Å². The molecule has 0 bridgehead atoms. The average molecular weight is 335 g/mol. The van der Waals surface area contributed by atoms with Gasteiger partial charge in [-0.15, -0.1) is 0 Å². The van der Waals surface area contributed by atoms with E-state index in [2.05, 4.69) is 12.1 Å². The van der Waals surface area contributed by atoms with Crippen molar-refractivity contribution >= 4 is 12.1 Å². The highest BCUT2D eigenvalue weighted by Crippen LogP contribution is 2.26. The molecule has 1 atom stereocenters. The Morgan fingerprint density at radius 3 is 2.71 bits per heavy atom. The molecule has 0 saturated carbocycles. The number of likely N-dealkylation sites (N-methyl/N-ethyl adjacent to an activating group) is 1. The molecule has 0 fully saturated rings. The van der Waals surface area contributed by atoms with Crippen molar-refractivity contribution in [2.75, 3.05) is 20.2 Å². The van der Waals surface area contributed by atoms with Crippen molar-refractivity contribution in [3.63, 3.8) is 0 Å². The van der Waals surface area contributed by atoms with E-state index in [1.165, 1.54) is 17.4 Å². The predicted octanol–water partition coefficient (Wildman–Crippen LogP) is 2.78. The largest absolute Gasteiger partial charge is 0.493 e. The zero-order chi connectivity index (χ0) is 17.7. The lowest BCUT2D eigenvalue weighted by atomic mass is 10.1. The quantitative estimate of drug-likeness (QED) is 0.591. The molecule has 1 amide bonds. The van der Waals surface area contributed by atoms with Gasteiger partial charge in [-0.25, -0.2) is 4.79 Å². The van der Waals surface area contributed by atoms with Crippen molar-refractivity contribution in [1.82, 2.24) is 4.90 Å². The highest BCUT2D eigenvalue weighted by molar-refractivity contribution is 5.72. The Hall–Kier alpha value is -2.24. The summed E-state index contributed by atoms with van der Waals surface area (Å²) in [5.41, 5.74) is 2.34. The van der Waals surface area contributed by atoms with Crippen LogP contribution in [0.2, 0.25) is 0 Å². The zero-order valence-electron chi connectivity index (χ0n) is 14.7. The number of amides is 1. The topological polar surface area (TPSA) is 65.1 Å². The first-order chi connectivity index (χ1) is 11.4. The number of rotatable bonds is 6. The molecule has 0 N–H and O–H groups in total. The lowest BCUT2D eigenvalue weighted by molar-refractivity contribution is -0.169. The van der Waals surface area contributed by atoms with Gasteiger partial charge in [0.2, 0.25) is 6.29 Å². The van der Waals surface area contributed by atoms with E-state index in [-0.39, 0.29) is 5.92 Å². The number of benzene rings is 1. The standard InChI is InChI=1S/C18H25NO5/c1-12(2)17(20)23-13(3)24-18(21)19(4)9-7-14-5-6-15-8-10-22-16(15)11-14/h5-6,11-13H,7-10H2,1-4H3. The third kappa shape index (κ3) is 4.88. The van der Waals surface area contributed by atoms with Crippen LogP contribution in [0.25, 0.3) is 0 Å². The molecule has 1 aliphatic rings. The second kappa shape index (κ2) is 8.04. The second-order valence-corrected chi connectivity index (χ2v) is 6.26. The fourth-order valence-electron chi connectivity index (χ4n) is 2.31. The highest BCUT2D eigenvalue weighted by Gasteiger charge is 2.19. The third-order valence-electron chi connectivity index (χ3n) is 3.83. The van der Waals surface area contributed by atoms with E-state index in [1.54, 1.807) is 20.9 Å². The number of nitrogens with zero attached hydrogens (tertiary/aromatic N) is 1. The maximum atomic E-state index is 12.0. The van der Waals surface area contributed by atoms with Crippen molar-refractivity contribution in [2.24, 2.45) is 5.92 Å². The first-order valence-electron chi connectivity index (χ1n) is 8.23. The average Bonchev–Trinajstić information content (AvgIpc) is 2.99. The van der Waals surface area contributed by atoms with Crippen LogP contribution in [0.15, 0.2) is 18.2 Å². The lowest BCUT2D eigenvalue weighted by Crippen LogP contribution is -2.33. The Balaban J connectivity index is 1.78. The summed E-state index contributed by atoms with van der Waals surface area (Å²) in [7, 11) is 1.66. The third-order valence-corrected chi connectivity index (χ3v) is 3.83. The number of hydrogen-bond acceptors (Lipinski definition) is 5. The van der Waals surface area contributed by atoms with E-state index in [4.69, 9.17) is 14.2 Å². The fraction of sp³-hybridized carbons (Fsp3) is 0.556. The minimum atomic E-state index is -0.900. The molecule has 1 unspecified atom stereocenters. The lowest BCUT2D eigenvalue weighted by Gasteiger charge is -2.21. The van der Waals surface area contributed by atoms with Gasteiger partial charge in [0.25, 0.3) is 0 Å². The van der Waals surface area contributed by atoms with Gasteiger partial charge in [0.05, 0.1) is 12.5 Å².